The third-order valence-corrected chi connectivity index (χ3v) is 2.97. The molecule has 0 amide bonds. The van der Waals surface area contributed by atoms with Crippen LogP contribution >= 0.6 is 0 Å². The molecule has 6 nitrogen and oxygen atoms in total. The number of esters is 1. The van der Waals surface area contributed by atoms with Crippen LogP contribution in [-0.2, 0) is 14.3 Å². The lowest BCUT2D eigenvalue weighted by Crippen LogP contribution is -2.15. The van der Waals surface area contributed by atoms with Crippen LogP contribution in [0.5, 0.6) is 0 Å². The van der Waals surface area contributed by atoms with Gasteiger partial charge in [0.2, 0.25) is 0 Å². The number of cyclic esters (lactones) is 1. The zero-order chi connectivity index (χ0) is 13.3. The number of benzene rings is 1. The van der Waals surface area contributed by atoms with Crippen molar-refractivity contribution < 1.29 is 19.2 Å². The van der Waals surface area contributed by atoms with Crippen LogP contribution in [0.3, 0.4) is 0 Å². The second-order valence-corrected chi connectivity index (χ2v) is 4.18. The fraction of sp³-hybridized carbons (Fsp3) is 0.333. The van der Waals surface area contributed by atoms with Crippen molar-refractivity contribution in [3.63, 3.8) is 0 Å². The monoisotopic (exact) mass is 249 g/mol. The number of hydrogen-bond donors (Lipinski definition) is 0. The van der Waals surface area contributed by atoms with Crippen molar-refractivity contribution in [3.05, 3.63) is 39.9 Å². The minimum absolute atomic E-state index is 0.0394. The summed E-state index contributed by atoms with van der Waals surface area (Å²) >= 11 is 0. The first-order valence-corrected chi connectivity index (χ1v) is 5.43. The third kappa shape index (κ3) is 2.22. The first-order chi connectivity index (χ1) is 8.49. The smallest absolute Gasteiger partial charge is 0.307 e. The molecule has 1 fully saturated rings. The Bertz CT molecular complexity index is 508. The van der Waals surface area contributed by atoms with Crippen molar-refractivity contribution in [1.29, 1.82) is 0 Å². The molecule has 1 aliphatic rings. The largest absolute Gasteiger partial charge is 0.457 e. The van der Waals surface area contributed by atoms with Crippen molar-refractivity contribution >= 4 is 17.4 Å². The first kappa shape index (κ1) is 12.2. The summed E-state index contributed by atoms with van der Waals surface area (Å²) in [6.45, 7) is 1.41. The van der Waals surface area contributed by atoms with Gasteiger partial charge in [-0.2, -0.15) is 0 Å². The van der Waals surface area contributed by atoms with E-state index in [2.05, 4.69) is 0 Å². The maximum atomic E-state index is 11.4. The molecule has 0 bridgehead atoms. The fourth-order valence-electron chi connectivity index (χ4n) is 2.00. The van der Waals surface area contributed by atoms with Gasteiger partial charge in [0.1, 0.15) is 11.9 Å². The van der Waals surface area contributed by atoms with Crippen LogP contribution in [0.4, 0.5) is 5.69 Å². The Hall–Kier alpha value is -2.24. The number of nitro benzene ring substituents is 1. The van der Waals surface area contributed by atoms with Gasteiger partial charge in [-0.15, -0.1) is 0 Å². The van der Waals surface area contributed by atoms with Crippen LogP contribution in [0.2, 0.25) is 0 Å². The van der Waals surface area contributed by atoms with Gasteiger partial charge in [-0.05, 0) is 24.6 Å². The van der Waals surface area contributed by atoms with Gasteiger partial charge < -0.3 is 4.74 Å². The lowest BCUT2D eigenvalue weighted by atomic mass is 9.92. The normalized spacial score (nSPS) is 22.6. The number of nitro groups is 1. The van der Waals surface area contributed by atoms with Crippen LogP contribution in [0, 0.1) is 16.0 Å². The summed E-state index contributed by atoms with van der Waals surface area (Å²) in [7, 11) is 0. The van der Waals surface area contributed by atoms with Gasteiger partial charge in [-0.25, -0.2) is 0 Å². The van der Waals surface area contributed by atoms with Crippen LogP contribution in [0.1, 0.15) is 25.0 Å². The van der Waals surface area contributed by atoms with E-state index in [1.807, 2.05) is 0 Å². The number of carbonyl (C=O) groups is 2. The van der Waals surface area contributed by atoms with Gasteiger partial charge in [-0.1, -0.05) is 0 Å². The predicted octanol–water partition coefficient (Wildman–Crippen LogP) is 1.79. The highest BCUT2D eigenvalue weighted by Crippen LogP contribution is 2.36. The highest BCUT2D eigenvalue weighted by molar-refractivity contribution is 5.86. The number of non-ortho nitro benzene ring substituents is 1. The third-order valence-electron chi connectivity index (χ3n) is 2.97. The molecule has 0 aromatic heterocycles. The zero-order valence-corrected chi connectivity index (χ0v) is 9.66. The average Bonchev–Trinajstić information content (AvgIpc) is 2.71. The number of hydrogen-bond acceptors (Lipinski definition) is 5. The molecule has 2 rings (SSSR count). The highest BCUT2D eigenvalue weighted by Gasteiger charge is 2.38. The number of rotatable bonds is 3. The summed E-state index contributed by atoms with van der Waals surface area (Å²) in [5, 5.41) is 10.5. The fourth-order valence-corrected chi connectivity index (χ4v) is 2.00. The lowest BCUT2D eigenvalue weighted by Gasteiger charge is -2.15. The molecular weight excluding hydrogens is 238 g/mol. The second-order valence-electron chi connectivity index (χ2n) is 4.18. The molecule has 18 heavy (non-hydrogen) atoms. The molecule has 2 atom stereocenters. The topological polar surface area (TPSA) is 86.5 Å². The number of ether oxygens (including phenoxy) is 1. The van der Waals surface area contributed by atoms with E-state index in [0.29, 0.717) is 5.56 Å². The summed E-state index contributed by atoms with van der Waals surface area (Å²) < 4.78 is 5.09. The van der Waals surface area contributed by atoms with E-state index in [4.69, 9.17) is 4.74 Å². The Morgan fingerprint density at radius 3 is 2.50 bits per heavy atom. The molecule has 0 saturated carbocycles. The Labute approximate surface area is 103 Å². The van der Waals surface area contributed by atoms with Crippen molar-refractivity contribution in [2.45, 2.75) is 19.4 Å². The van der Waals surface area contributed by atoms with Crippen molar-refractivity contribution in [2.24, 2.45) is 5.92 Å². The predicted molar refractivity (Wildman–Crippen MR) is 60.7 cm³/mol. The maximum absolute atomic E-state index is 11.4. The Morgan fingerprint density at radius 1 is 1.39 bits per heavy atom. The van der Waals surface area contributed by atoms with Crippen LogP contribution in [-0.4, -0.2) is 16.7 Å². The quantitative estimate of drug-likeness (QED) is 0.463. The van der Waals surface area contributed by atoms with Crippen molar-refractivity contribution in [1.82, 2.24) is 0 Å². The molecule has 1 aromatic carbocycles. The van der Waals surface area contributed by atoms with Crippen LogP contribution < -0.4 is 0 Å². The minimum atomic E-state index is -0.629. The van der Waals surface area contributed by atoms with E-state index in [1.165, 1.54) is 31.2 Å². The number of carbonyl (C=O) groups excluding carboxylic acids is 2. The SMILES string of the molecule is CC(=O)[C@H]1CC(=O)O[C@@H]1c1ccc([N+](=O)[O-])cc1. The van der Waals surface area contributed by atoms with E-state index >= 15 is 0 Å². The van der Waals surface area contributed by atoms with E-state index in [0.717, 1.165) is 0 Å². The highest BCUT2D eigenvalue weighted by atomic mass is 16.6. The van der Waals surface area contributed by atoms with Crippen molar-refractivity contribution in [2.75, 3.05) is 0 Å². The summed E-state index contributed by atoms with van der Waals surface area (Å²) in [6.07, 6.45) is -0.562. The zero-order valence-electron chi connectivity index (χ0n) is 9.66. The first-order valence-electron chi connectivity index (χ1n) is 5.43. The molecule has 1 aromatic rings. The molecular formula is C12H11NO5. The number of nitrogens with zero attached hydrogens (tertiary/aromatic N) is 1. The maximum Gasteiger partial charge on any atom is 0.307 e. The van der Waals surface area contributed by atoms with Gasteiger partial charge in [-0.3, -0.25) is 19.7 Å². The Morgan fingerprint density at radius 2 is 2.00 bits per heavy atom. The summed E-state index contributed by atoms with van der Waals surface area (Å²) in [4.78, 5) is 32.7. The Kier molecular flexibility index (Phi) is 3.10. The standard InChI is InChI=1S/C12H11NO5/c1-7(14)10-6-11(15)18-12(10)8-2-4-9(5-3-8)13(16)17/h2-5,10,12H,6H2,1H3/t10-,12-/m1/s1. The molecule has 1 heterocycles. The molecule has 0 unspecified atom stereocenters. The lowest BCUT2D eigenvalue weighted by molar-refractivity contribution is -0.384. The Balaban J connectivity index is 2.27. The van der Waals surface area contributed by atoms with Gasteiger partial charge in [0.15, 0.2) is 0 Å². The van der Waals surface area contributed by atoms with E-state index in [-0.39, 0.29) is 17.9 Å². The van der Waals surface area contributed by atoms with Gasteiger partial charge in [0.05, 0.1) is 17.3 Å². The van der Waals surface area contributed by atoms with E-state index in [1.54, 1.807) is 0 Å². The molecule has 0 aliphatic carbocycles. The van der Waals surface area contributed by atoms with E-state index in [9.17, 15) is 19.7 Å². The summed E-state index contributed by atoms with van der Waals surface area (Å²) in [5.41, 5.74) is 0.564. The minimum Gasteiger partial charge on any atom is -0.457 e. The summed E-state index contributed by atoms with van der Waals surface area (Å²) in [6, 6.07) is 5.69. The molecule has 1 saturated heterocycles. The van der Waals surface area contributed by atoms with Gasteiger partial charge >= 0.3 is 5.97 Å². The second kappa shape index (κ2) is 4.56. The van der Waals surface area contributed by atoms with Gasteiger partial charge in [0.25, 0.3) is 5.69 Å². The number of Topliss-reactive ketones (excluding diaryl/α,β-unsaturated/α-hetero) is 1. The molecule has 6 heteroatoms. The van der Waals surface area contributed by atoms with Crippen molar-refractivity contribution in [3.8, 4) is 0 Å². The average molecular weight is 249 g/mol. The molecule has 0 N–H and O–H groups in total. The molecule has 1 aliphatic heterocycles. The van der Waals surface area contributed by atoms with Crippen LogP contribution in [0.15, 0.2) is 24.3 Å². The number of ketones is 1. The summed E-state index contributed by atoms with van der Waals surface area (Å²) in [5.74, 6) is -1.04. The van der Waals surface area contributed by atoms with E-state index < -0.39 is 22.9 Å². The van der Waals surface area contributed by atoms with Crippen LogP contribution in [0.25, 0.3) is 0 Å². The molecule has 94 valence electrons. The molecule has 0 spiro atoms. The van der Waals surface area contributed by atoms with Gasteiger partial charge in [0, 0.05) is 12.1 Å². The molecule has 0 radical (unpaired) electrons.